The summed E-state index contributed by atoms with van der Waals surface area (Å²) in [6, 6.07) is 1.61. The van der Waals surface area contributed by atoms with Gasteiger partial charge in [-0.3, -0.25) is 4.90 Å². The van der Waals surface area contributed by atoms with E-state index in [0.717, 1.165) is 12.7 Å². The van der Waals surface area contributed by atoms with Gasteiger partial charge >= 0.3 is 0 Å². The Morgan fingerprint density at radius 1 is 1.17 bits per heavy atom. The van der Waals surface area contributed by atoms with Crippen molar-refractivity contribution in [3.8, 4) is 0 Å². The van der Waals surface area contributed by atoms with Gasteiger partial charge < -0.3 is 5.32 Å². The van der Waals surface area contributed by atoms with Crippen LogP contribution in [0.2, 0.25) is 0 Å². The molecule has 0 bridgehead atoms. The molecule has 0 radical (unpaired) electrons. The van der Waals surface area contributed by atoms with Gasteiger partial charge in [0.15, 0.2) is 0 Å². The smallest absolute Gasteiger partial charge is 0.0486 e. The summed E-state index contributed by atoms with van der Waals surface area (Å²) in [5.74, 6) is 0. The summed E-state index contributed by atoms with van der Waals surface area (Å²) < 4.78 is 0. The molecule has 2 heteroatoms. The van der Waals surface area contributed by atoms with Crippen molar-refractivity contribution in [2.24, 2.45) is 0 Å². The molecule has 0 aromatic carbocycles. The lowest BCUT2D eigenvalue weighted by Gasteiger charge is -2.30. The molecule has 2 rings (SSSR count). The fourth-order valence-electron chi connectivity index (χ4n) is 2.48. The van der Waals surface area contributed by atoms with Crippen LogP contribution in [0.25, 0.3) is 0 Å². The first-order valence-corrected chi connectivity index (χ1v) is 5.33. The van der Waals surface area contributed by atoms with Crippen LogP contribution in [0.5, 0.6) is 0 Å². The number of rotatable bonds is 1. The second kappa shape index (κ2) is 3.75. The molecular formula is C10H20N2. The highest BCUT2D eigenvalue weighted by molar-refractivity contribution is 4.82. The van der Waals surface area contributed by atoms with Crippen molar-refractivity contribution in [1.29, 1.82) is 0 Å². The van der Waals surface area contributed by atoms with E-state index in [4.69, 9.17) is 0 Å². The van der Waals surface area contributed by atoms with Crippen LogP contribution in [0.1, 0.15) is 39.0 Å². The number of hydrogen-bond acceptors (Lipinski definition) is 2. The van der Waals surface area contributed by atoms with Crippen molar-refractivity contribution in [2.75, 3.05) is 13.2 Å². The number of hydrogen-bond donors (Lipinski definition) is 1. The summed E-state index contributed by atoms with van der Waals surface area (Å²) in [4.78, 5) is 2.63. The maximum Gasteiger partial charge on any atom is 0.0486 e. The minimum absolute atomic E-state index is 0.715. The average molecular weight is 168 g/mol. The van der Waals surface area contributed by atoms with Crippen molar-refractivity contribution >= 4 is 0 Å². The predicted octanol–water partition coefficient (Wildman–Crippen LogP) is 1.57. The summed E-state index contributed by atoms with van der Waals surface area (Å²) in [7, 11) is 0. The van der Waals surface area contributed by atoms with E-state index >= 15 is 0 Å². The Labute approximate surface area is 75.3 Å². The Morgan fingerprint density at radius 3 is 2.50 bits per heavy atom. The van der Waals surface area contributed by atoms with Crippen LogP contribution >= 0.6 is 0 Å². The van der Waals surface area contributed by atoms with E-state index in [1.807, 2.05) is 0 Å². The molecule has 2 nitrogen and oxygen atoms in total. The van der Waals surface area contributed by atoms with Gasteiger partial charge in [0, 0.05) is 25.3 Å². The second-order valence-corrected chi connectivity index (χ2v) is 4.33. The summed E-state index contributed by atoms with van der Waals surface area (Å²) >= 11 is 0. The van der Waals surface area contributed by atoms with E-state index in [1.54, 1.807) is 0 Å². The van der Waals surface area contributed by atoms with Crippen molar-refractivity contribution < 1.29 is 0 Å². The molecular weight excluding hydrogens is 148 g/mol. The van der Waals surface area contributed by atoms with Crippen LogP contribution in [-0.4, -0.2) is 30.2 Å². The molecule has 2 fully saturated rings. The molecule has 1 aliphatic heterocycles. The average Bonchev–Trinajstić information content (AvgIpc) is 2.54. The van der Waals surface area contributed by atoms with E-state index in [-0.39, 0.29) is 0 Å². The summed E-state index contributed by atoms with van der Waals surface area (Å²) in [5, 5.41) is 3.49. The van der Waals surface area contributed by atoms with Crippen molar-refractivity contribution in [3.05, 3.63) is 0 Å². The zero-order valence-corrected chi connectivity index (χ0v) is 8.05. The SMILES string of the molecule is CC1CN(C2CCCCC2)CN1. The number of nitrogens with one attached hydrogen (secondary N) is 1. The Kier molecular flexibility index (Phi) is 2.66. The highest BCUT2D eigenvalue weighted by Gasteiger charge is 2.26. The maximum absolute atomic E-state index is 3.49. The van der Waals surface area contributed by atoms with E-state index in [9.17, 15) is 0 Å². The summed E-state index contributed by atoms with van der Waals surface area (Å²) in [5.41, 5.74) is 0. The van der Waals surface area contributed by atoms with E-state index in [0.29, 0.717) is 6.04 Å². The normalized spacial score (nSPS) is 34.2. The first kappa shape index (κ1) is 8.52. The molecule has 70 valence electrons. The predicted molar refractivity (Wildman–Crippen MR) is 51.0 cm³/mol. The third-order valence-electron chi connectivity index (χ3n) is 3.24. The zero-order chi connectivity index (χ0) is 8.39. The minimum Gasteiger partial charge on any atom is -0.300 e. The van der Waals surface area contributed by atoms with Gasteiger partial charge in [-0.25, -0.2) is 0 Å². The largest absolute Gasteiger partial charge is 0.300 e. The Hall–Kier alpha value is -0.0800. The van der Waals surface area contributed by atoms with Crippen molar-refractivity contribution in [1.82, 2.24) is 10.2 Å². The van der Waals surface area contributed by atoms with Gasteiger partial charge in [-0.2, -0.15) is 0 Å². The molecule has 0 amide bonds. The molecule has 0 aromatic heterocycles. The third-order valence-corrected chi connectivity index (χ3v) is 3.24. The summed E-state index contributed by atoms with van der Waals surface area (Å²) in [6.07, 6.45) is 7.25. The molecule has 0 aromatic rings. The lowest BCUT2D eigenvalue weighted by molar-refractivity contribution is 0.187. The van der Waals surface area contributed by atoms with Crippen LogP contribution < -0.4 is 5.32 Å². The summed E-state index contributed by atoms with van der Waals surface area (Å²) in [6.45, 7) is 4.68. The monoisotopic (exact) mass is 168 g/mol. The molecule has 1 saturated heterocycles. The second-order valence-electron chi connectivity index (χ2n) is 4.33. The van der Waals surface area contributed by atoms with Gasteiger partial charge in [-0.15, -0.1) is 0 Å². The van der Waals surface area contributed by atoms with Crippen LogP contribution in [-0.2, 0) is 0 Å². The highest BCUT2D eigenvalue weighted by atomic mass is 15.3. The Balaban J connectivity index is 1.83. The molecule has 1 unspecified atom stereocenters. The van der Waals surface area contributed by atoms with Gasteiger partial charge in [0.25, 0.3) is 0 Å². The van der Waals surface area contributed by atoms with Crippen molar-refractivity contribution in [3.63, 3.8) is 0 Å². The minimum atomic E-state index is 0.715. The zero-order valence-electron chi connectivity index (χ0n) is 8.05. The highest BCUT2D eigenvalue weighted by Crippen LogP contribution is 2.23. The van der Waals surface area contributed by atoms with E-state index in [1.165, 1.54) is 38.6 Å². The third kappa shape index (κ3) is 1.80. The Bertz CT molecular complexity index is 138. The molecule has 1 heterocycles. The van der Waals surface area contributed by atoms with E-state index < -0.39 is 0 Å². The molecule has 0 spiro atoms. The van der Waals surface area contributed by atoms with Gasteiger partial charge in [0.2, 0.25) is 0 Å². The standard InChI is InChI=1S/C10H20N2/c1-9-7-12(8-11-9)10-5-3-2-4-6-10/h9-11H,2-8H2,1H3. The van der Waals surface area contributed by atoms with Crippen molar-refractivity contribution in [2.45, 2.75) is 51.1 Å². The molecule has 1 atom stereocenters. The molecule has 1 saturated carbocycles. The van der Waals surface area contributed by atoms with Crippen LogP contribution in [0.4, 0.5) is 0 Å². The fraction of sp³-hybridized carbons (Fsp3) is 1.00. The maximum atomic E-state index is 3.49. The van der Waals surface area contributed by atoms with Crippen LogP contribution in [0, 0.1) is 0 Å². The topological polar surface area (TPSA) is 15.3 Å². The molecule has 12 heavy (non-hydrogen) atoms. The van der Waals surface area contributed by atoms with Gasteiger partial charge in [-0.05, 0) is 19.8 Å². The van der Waals surface area contributed by atoms with Crippen LogP contribution in [0.15, 0.2) is 0 Å². The lowest BCUT2D eigenvalue weighted by Crippen LogP contribution is -2.35. The van der Waals surface area contributed by atoms with Gasteiger partial charge in [0.05, 0.1) is 0 Å². The van der Waals surface area contributed by atoms with Gasteiger partial charge in [-0.1, -0.05) is 19.3 Å². The lowest BCUT2D eigenvalue weighted by atomic mass is 9.94. The first-order chi connectivity index (χ1) is 5.86. The fourth-order valence-corrected chi connectivity index (χ4v) is 2.48. The first-order valence-electron chi connectivity index (χ1n) is 5.33. The molecule has 1 aliphatic carbocycles. The quantitative estimate of drug-likeness (QED) is 0.639. The molecule has 1 N–H and O–H groups in total. The molecule has 2 aliphatic rings. The number of nitrogens with zero attached hydrogens (tertiary/aromatic N) is 1. The van der Waals surface area contributed by atoms with Crippen LogP contribution in [0.3, 0.4) is 0 Å². The van der Waals surface area contributed by atoms with Gasteiger partial charge in [0.1, 0.15) is 0 Å². The Morgan fingerprint density at radius 2 is 1.92 bits per heavy atom. The van der Waals surface area contributed by atoms with E-state index in [2.05, 4.69) is 17.1 Å².